The minimum atomic E-state index is -4.75. The van der Waals surface area contributed by atoms with E-state index in [0.717, 1.165) is 17.1 Å². The van der Waals surface area contributed by atoms with Gasteiger partial charge in [-0.25, -0.2) is 14.8 Å². The highest BCUT2D eigenvalue weighted by Gasteiger charge is 2.36. The van der Waals surface area contributed by atoms with Gasteiger partial charge in [0.1, 0.15) is 5.56 Å². The van der Waals surface area contributed by atoms with Crippen LogP contribution < -0.4 is 10.6 Å². The number of rotatable bonds is 5. The summed E-state index contributed by atoms with van der Waals surface area (Å²) >= 11 is 0. The summed E-state index contributed by atoms with van der Waals surface area (Å²) in [5, 5.41) is 12.3. The van der Waals surface area contributed by atoms with Crippen molar-refractivity contribution < 1.29 is 22.7 Å². The van der Waals surface area contributed by atoms with E-state index < -0.39 is 29.7 Å². The van der Waals surface area contributed by atoms with Crippen molar-refractivity contribution in [1.82, 2.24) is 29.9 Å². The zero-order chi connectivity index (χ0) is 23.6. The number of pyridine rings is 3. The van der Waals surface area contributed by atoms with Gasteiger partial charge in [-0.15, -0.1) is 4.80 Å². The maximum atomic E-state index is 13.6. The van der Waals surface area contributed by atoms with Gasteiger partial charge in [-0.1, -0.05) is 0 Å². The summed E-state index contributed by atoms with van der Waals surface area (Å²) in [6, 6.07) is 5.06. The number of nitrogens with one attached hydrogen (secondary N) is 2. The maximum Gasteiger partial charge on any atom is 0.420 e. The van der Waals surface area contributed by atoms with Gasteiger partial charge >= 0.3 is 12.2 Å². The molecule has 4 rings (SSSR count). The van der Waals surface area contributed by atoms with Crippen molar-refractivity contribution in [2.75, 3.05) is 17.7 Å². The van der Waals surface area contributed by atoms with E-state index in [1.54, 1.807) is 31.3 Å². The molecule has 4 aromatic heterocycles. The summed E-state index contributed by atoms with van der Waals surface area (Å²) in [4.78, 5) is 25.8. The molecule has 0 aliphatic heterocycles. The number of carbonyl (C=O) groups excluding carboxylic acids is 1. The molecule has 4 heterocycles. The molecule has 0 aliphatic rings. The third-order valence-corrected chi connectivity index (χ3v) is 4.64. The molecule has 13 heteroatoms. The summed E-state index contributed by atoms with van der Waals surface area (Å²) in [5.74, 6) is -0.514. The van der Waals surface area contributed by atoms with Crippen molar-refractivity contribution in [3.63, 3.8) is 0 Å². The van der Waals surface area contributed by atoms with E-state index in [-0.39, 0.29) is 5.69 Å². The Morgan fingerprint density at radius 3 is 2.55 bits per heavy atom. The van der Waals surface area contributed by atoms with Gasteiger partial charge in [-0.2, -0.15) is 23.4 Å². The first-order valence-electron chi connectivity index (χ1n) is 9.56. The van der Waals surface area contributed by atoms with Crippen molar-refractivity contribution in [2.45, 2.75) is 19.2 Å². The number of carbonyl (C=O) groups is 1. The number of nitrogens with zero attached hydrogens (tertiary/aromatic N) is 6. The molecule has 0 aromatic carbocycles. The highest BCUT2D eigenvalue weighted by molar-refractivity contribution is 6.01. The third-order valence-electron chi connectivity index (χ3n) is 4.64. The van der Waals surface area contributed by atoms with Gasteiger partial charge in [0.25, 0.3) is 0 Å². The molecule has 0 spiro atoms. The number of fused-ring (bicyclic) bond motifs is 1. The standard InChI is InChI=1S/C20H17F3N8O2/c1-11(33-2)17-16(9-15-14(29-17)4-3-5-24-15)30-19(32)28-12-8-13(20(21,22)23)18(25-10-12)31-26-6-7-27-31/h3-11H,1-2H3,(H2,28,30,32). The van der Waals surface area contributed by atoms with Gasteiger partial charge in [0.2, 0.25) is 0 Å². The van der Waals surface area contributed by atoms with E-state index >= 15 is 0 Å². The fourth-order valence-electron chi connectivity index (χ4n) is 3.04. The predicted octanol–water partition coefficient (Wildman–Crippen LogP) is 3.98. The minimum Gasteiger partial charge on any atom is -0.375 e. The number of methoxy groups -OCH3 is 1. The number of urea groups is 1. The van der Waals surface area contributed by atoms with Crippen LogP contribution in [0.1, 0.15) is 24.3 Å². The molecule has 0 fully saturated rings. The number of halogens is 3. The molecule has 2 amide bonds. The van der Waals surface area contributed by atoms with Gasteiger partial charge < -0.3 is 15.4 Å². The van der Waals surface area contributed by atoms with Crippen LogP contribution >= 0.6 is 0 Å². The van der Waals surface area contributed by atoms with Gasteiger partial charge in [-0.05, 0) is 31.2 Å². The lowest BCUT2D eigenvalue weighted by atomic mass is 10.2. The molecule has 4 aromatic rings. The molecule has 1 unspecified atom stereocenters. The number of hydrogen-bond acceptors (Lipinski definition) is 7. The van der Waals surface area contributed by atoms with Crippen LogP contribution in [0.2, 0.25) is 0 Å². The average molecular weight is 458 g/mol. The van der Waals surface area contributed by atoms with Gasteiger partial charge in [0, 0.05) is 13.3 Å². The molecule has 0 radical (unpaired) electrons. The molecule has 10 nitrogen and oxygen atoms in total. The second-order valence-electron chi connectivity index (χ2n) is 6.83. The van der Waals surface area contributed by atoms with Crippen LogP contribution in [0.3, 0.4) is 0 Å². The third kappa shape index (κ3) is 4.72. The molecule has 0 aliphatic carbocycles. The van der Waals surface area contributed by atoms with Crippen molar-refractivity contribution >= 4 is 28.4 Å². The lowest BCUT2D eigenvalue weighted by molar-refractivity contribution is -0.137. The zero-order valence-corrected chi connectivity index (χ0v) is 17.3. The zero-order valence-electron chi connectivity index (χ0n) is 17.3. The minimum absolute atomic E-state index is 0.177. The van der Waals surface area contributed by atoms with Crippen LogP contribution in [0.5, 0.6) is 0 Å². The number of anilines is 2. The second kappa shape index (κ2) is 8.78. The first-order chi connectivity index (χ1) is 15.8. The Morgan fingerprint density at radius 1 is 1.09 bits per heavy atom. The molecular formula is C20H17F3N8O2. The van der Waals surface area contributed by atoms with E-state index in [0.29, 0.717) is 22.4 Å². The molecule has 170 valence electrons. The predicted molar refractivity (Wildman–Crippen MR) is 112 cm³/mol. The topological polar surface area (TPSA) is 120 Å². The van der Waals surface area contributed by atoms with Crippen LogP contribution in [0, 0.1) is 0 Å². The van der Waals surface area contributed by atoms with Crippen LogP contribution in [0.25, 0.3) is 16.9 Å². The maximum absolute atomic E-state index is 13.6. The first-order valence-corrected chi connectivity index (χ1v) is 9.56. The molecule has 33 heavy (non-hydrogen) atoms. The monoisotopic (exact) mass is 458 g/mol. The SMILES string of the molecule is COC(C)c1nc2cccnc2cc1NC(=O)Nc1cnc(-n2nccn2)c(C(F)(F)F)c1. The number of ether oxygens (including phenoxy) is 1. The normalized spacial score (nSPS) is 12.5. The van der Waals surface area contributed by atoms with E-state index in [2.05, 4.69) is 35.8 Å². The Balaban J connectivity index is 1.62. The number of amides is 2. The summed E-state index contributed by atoms with van der Waals surface area (Å²) in [7, 11) is 1.49. The van der Waals surface area contributed by atoms with Crippen LogP contribution in [-0.4, -0.2) is 43.1 Å². The van der Waals surface area contributed by atoms with E-state index in [1.165, 1.54) is 19.5 Å². The van der Waals surface area contributed by atoms with E-state index in [1.807, 2.05) is 0 Å². The van der Waals surface area contributed by atoms with Crippen molar-refractivity contribution in [1.29, 1.82) is 0 Å². The molecule has 0 bridgehead atoms. The van der Waals surface area contributed by atoms with Crippen molar-refractivity contribution in [3.8, 4) is 5.82 Å². The van der Waals surface area contributed by atoms with E-state index in [9.17, 15) is 18.0 Å². The average Bonchev–Trinajstić information content (AvgIpc) is 3.32. The fraction of sp³-hybridized carbons (Fsp3) is 0.200. The lowest BCUT2D eigenvalue weighted by Gasteiger charge is -2.17. The molecule has 1 atom stereocenters. The van der Waals surface area contributed by atoms with Gasteiger partial charge in [-0.3, -0.25) is 4.98 Å². The van der Waals surface area contributed by atoms with Gasteiger partial charge in [0.05, 0.1) is 52.8 Å². The summed E-state index contributed by atoms with van der Waals surface area (Å²) in [5.41, 5.74) is 0.573. The van der Waals surface area contributed by atoms with Crippen LogP contribution in [-0.2, 0) is 10.9 Å². The quantitative estimate of drug-likeness (QED) is 0.464. The molecule has 0 saturated heterocycles. The Hall–Kier alpha value is -4.13. The Bertz CT molecular complexity index is 1290. The van der Waals surface area contributed by atoms with E-state index in [4.69, 9.17) is 4.74 Å². The second-order valence-corrected chi connectivity index (χ2v) is 6.83. The van der Waals surface area contributed by atoms with Gasteiger partial charge in [0.15, 0.2) is 5.82 Å². The smallest absolute Gasteiger partial charge is 0.375 e. The fourth-order valence-corrected chi connectivity index (χ4v) is 3.04. The number of hydrogen-bond donors (Lipinski definition) is 2. The Morgan fingerprint density at radius 2 is 1.85 bits per heavy atom. The first kappa shape index (κ1) is 22.1. The highest BCUT2D eigenvalue weighted by Crippen LogP contribution is 2.34. The lowest BCUT2D eigenvalue weighted by Crippen LogP contribution is -2.22. The number of aromatic nitrogens is 6. The molecule has 2 N–H and O–H groups in total. The molecule has 0 saturated carbocycles. The molecular weight excluding hydrogens is 441 g/mol. The summed E-state index contributed by atoms with van der Waals surface area (Å²) in [6.45, 7) is 1.75. The Labute approximate surface area is 184 Å². The largest absolute Gasteiger partial charge is 0.420 e. The number of alkyl halides is 3. The van der Waals surface area contributed by atoms with Crippen molar-refractivity contribution in [3.05, 3.63) is 60.3 Å². The van der Waals surface area contributed by atoms with Crippen LogP contribution in [0.15, 0.2) is 49.1 Å². The Kier molecular flexibility index (Phi) is 5.87. The summed E-state index contributed by atoms with van der Waals surface area (Å²) < 4.78 is 46.0. The van der Waals surface area contributed by atoms with Crippen LogP contribution in [0.4, 0.5) is 29.3 Å². The highest BCUT2D eigenvalue weighted by atomic mass is 19.4. The van der Waals surface area contributed by atoms with Crippen molar-refractivity contribution in [2.24, 2.45) is 0 Å². The summed E-state index contributed by atoms with van der Waals surface area (Å²) in [6.07, 6.45) is -0.109.